The van der Waals surface area contributed by atoms with Crippen molar-refractivity contribution in [3.8, 4) is 0 Å². The quantitative estimate of drug-likeness (QED) is 0.684. The zero-order valence-electron chi connectivity index (χ0n) is 12.8. The lowest BCUT2D eigenvalue weighted by molar-refractivity contribution is 0.0935. The van der Waals surface area contributed by atoms with Gasteiger partial charge < -0.3 is 10.6 Å². The summed E-state index contributed by atoms with van der Waals surface area (Å²) >= 11 is 0. The fraction of sp³-hybridized carbons (Fsp3) is 0.615. The minimum Gasteiger partial charge on any atom is -0.365 e. The molecule has 1 aromatic heterocycles. The van der Waals surface area contributed by atoms with Crippen LogP contribution in [0.3, 0.4) is 0 Å². The summed E-state index contributed by atoms with van der Waals surface area (Å²) in [5, 5.41) is 5.62. The van der Waals surface area contributed by atoms with Gasteiger partial charge in [-0.3, -0.25) is 4.79 Å². The van der Waals surface area contributed by atoms with Crippen LogP contribution >= 0.6 is 0 Å². The van der Waals surface area contributed by atoms with E-state index >= 15 is 0 Å². The fourth-order valence-electron chi connectivity index (χ4n) is 2.81. The van der Waals surface area contributed by atoms with Gasteiger partial charge in [-0.25, -0.2) is 26.8 Å². The number of nitrogens with zero attached hydrogens (tertiary/aromatic N) is 2. The second kappa shape index (κ2) is 6.28. The monoisotopic (exact) mass is 374 g/mol. The van der Waals surface area contributed by atoms with Crippen LogP contribution in [0.4, 0.5) is 5.82 Å². The maximum Gasteiger partial charge on any atom is 0.271 e. The van der Waals surface area contributed by atoms with E-state index in [4.69, 9.17) is 0 Å². The third-order valence-corrected chi connectivity index (χ3v) is 7.57. The molecule has 132 valence electrons. The number of carbonyl (C=O) groups excluding carboxylic acids is 1. The molecular formula is C13H18N4O5S2. The zero-order chi connectivity index (χ0) is 17.4. The lowest BCUT2D eigenvalue weighted by Crippen LogP contribution is -2.36. The number of nitrogens with one attached hydrogen (secondary N) is 2. The Balaban J connectivity index is 1.57. The molecule has 0 bridgehead atoms. The standard InChI is InChI=1S/C13H18N4O5S2/c18-13(17-10-2-4-24(21,22)8-10)11-5-15-12(6-14-11)16-9-1-3-23(19,20)7-9/h5-6,9-10H,1-4,7-8H2,(H,15,16)(H,17,18). The third-order valence-electron chi connectivity index (χ3n) is 4.04. The van der Waals surface area contributed by atoms with Crippen LogP contribution in [0.2, 0.25) is 0 Å². The highest BCUT2D eigenvalue weighted by Gasteiger charge is 2.30. The molecule has 0 spiro atoms. The molecule has 0 saturated carbocycles. The van der Waals surface area contributed by atoms with E-state index in [1.807, 2.05) is 0 Å². The highest BCUT2D eigenvalue weighted by Crippen LogP contribution is 2.16. The molecule has 0 aromatic carbocycles. The number of hydrogen-bond donors (Lipinski definition) is 2. The molecule has 24 heavy (non-hydrogen) atoms. The van der Waals surface area contributed by atoms with Crippen LogP contribution in [-0.4, -0.2) is 67.8 Å². The van der Waals surface area contributed by atoms with Crippen LogP contribution in [0.5, 0.6) is 0 Å². The van der Waals surface area contributed by atoms with Gasteiger partial charge in [0.25, 0.3) is 5.91 Å². The first-order valence-corrected chi connectivity index (χ1v) is 11.2. The summed E-state index contributed by atoms with van der Waals surface area (Å²) in [6, 6.07) is -0.599. The van der Waals surface area contributed by atoms with Gasteiger partial charge in [-0.2, -0.15) is 0 Å². The number of carbonyl (C=O) groups is 1. The van der Waals surface area contributed by atoms with E-state index in [1.165, 1.54) is 12.4 Å². The normalized spacial score (nSPS) is 27.7. The number of hydrogen-bond acceptors (Lipinski definition) is 8. The second-order valence-electron chi connectivity index (χ2n) is 6.10. The van der Waals surface area contributed by atoms with Crippen LogP contribution < -0.4 is 10.6 Å². The molecule has 2 fully saturated rings. The van der Waals surface area contributed by atoms with Crippen molar-refractivity contribution in [3.63, 3.8) is 0 Å². The van der Waals surface area contributed by atoms with Gasteiger partial charge in [0.15, 0.2) is 19.7 Å². The average molecular weight is 374 g/mol. The van der Waals surface area contributed by atoms with E-state index in [1.54, 1.807) is 0 Å². The fourth-order valence-corrected chi connectivity index (χ4v) is 6.15. The first kappa shape index (κ1) is 17.1. The van der Waals surface area contributed by atoms with Crippen LogP contribution in [0.25, 0.3) is 0 Å². The summed E-state index contributed by atoms with van der Waals surface area (Å²) in [6.07, 6.45) is 3.56. The van der Waals surface area contributed by atoms with E-state index < -0.39 is 31.6 Å². The van der Waals surface area contributed by atoms with Gasteiger partial charge in [-0.1, -0.05) is 0 Å². The van der Waals surface area contributed by atoms with Crippen molar-refractivity contribution >= 4 is 31.4 Å². The maximum absolute atomic E-state index is 12.0. The molecule has 3 rings (SSSR count). The predicted octanol–water partition coefficient (Wildman–Crippen LogP) is -1.01. The Morgan fingerprint density at radius 1 is 0.958 bits per heavy atom. The van der Waals surface area contributed by atoms with Gasteiger partial charge in [-0.05, 0) is 12.8 Å². The summed E-state index contributed by atoms with van der Waals surface area (Å²) in [6.45, 7) is 0. The lowest BCUT2D eigenvalue weighted by Gasteiger charge is -2.12. The molecule has 9 nitrogen and oxygen atoms in total. The third kappa shape index (κ3) is 4.20. The molecule has 2 aliphatic rings. The highest BCUT2D eigenvalue weighted by molar-refractivity contribution is 7.91. The van der Waals surface area contributed by atoms with Crippen molar-refractivity contribution in [3.05, 3.63) is 18.1 Å². The molecule has 0 aliphatic carbocycles. The van der Waals surface area contributed by atoms with Crippen LogP contribution in [0.1, 0.15) is 23.3 Å². The summed E-state index contributed by atoms with van der Waals surface area (Å²) in [7, 11) is -6.05. The van der Waals surface area contributed by atoms with Crippen molar-refractivity contribution < 1.29 is 21.6 Å². The van der Waals surface area contributed by atoms with Gasteiger partial charge >= 0.3 is 0 Å². The Morgan fingerprint density at radius 3 is 2.08 bits per heavy atom. The molecule has 0 radical (unpaired) electrons. The van der Waals surface area contributed by atoms with E-state index in [0.29, 0.717) is 18.7 Å². The molecule has 2 aliphatic heterocycles. The Hall–Kier alpha value is -1.75. The molecule has 3 heterocycles. The minimum absolute atomic E-state index is 0.0536. The molecule has 2 N–H and O–H groups in total. The summed E-state index contributed by atoms with van der Waals surface area (Å²) < 4.78 is 45.6. The van der Waals surface area contributed by atoms with Crippen molar-refractivity contribution in [1.29, 1.82) is 0 Å². The molecular weight excluding hydrogens is 356 g/mol. The molecule has 11 heteroatoms. The van der Waals surface area contributed by atoms with Gasteiger partial charge in [0.1, 0.15) is 11.5 Å². The second-order valence-corrected chi connectivity index (χ2v) is 10.6. The smallest absolute Gasteiger partial charge is 0.271 e. The number of anilines is 1. The lowest BCUT2D eigenvalue weighted by atomic mass is 10.2. The van der Waals surface area contributed by atoms with Gasteiger partial charge in [-0.15, -0.1) is 0 Å². The number of sulfone groups is 2. The van der Waals surface area contributed by atoms with Crippen LogP contribution in [0, 0.1) is 0 Å². The van der Waals surface area contributed by atoms with Crippen molar-refractivity contribution in [1.82, 2.24) is 15.3 Å². The molecule has 1 amide bonds. The van der Waals surface area contributed by atoms with Gasteiger partial charge in [0, 0.05) is 12.1 Å². The van der Waals surface area contributed by atoms with Crippen LogP contribution in [0.15, 0.2) is 12.4 Å². The molecule has 2 saturated heterocycles. The Bertz CT molecular complexity index is 836. The Morgan fingerprint density at radius 2 is 1.58 bits per heavy atom. The number of aromatic nitrogens is 2. The topological polar surface area (TPSA) is 135 Å². The predicted molar refractivity (Wildman–Crippen MR) is 87.2 cm³/mol. The maximum atomic E-state index is 12.0. The average Bonchev–Trinajstić information content (AvgIpc) is 3.01. The van der Waals surface area contributed by atoms with Gasteiger partial charge in [0.2, 0.25) is 0 Å². The van der Waals surface area contributed by atoms with Gasteiger partial charge in [0.05, 0.1) is 35.4 Å². The summed E-state index contributed by atoms with van der Waals surface area (Å²) in [5.41, 5.74) is 0.0869. The number of amides is 1. The summed E-state index contributed by atoms with van der Waals surface area (Å²) in [5.74, 6) is 0.172. The van der Waals surface area contributed by atoms with E-state index in [-0.39, 0.29) is 34.7 Å². The van der Waals surface area contributed by atoms with Crippen molar-refractivity contribution in [2.45, 2.75) is 24.9 Å². The Labute approximate surface area is 140 Å². The molecule has 2 atom stereocenters. The van der Waals surface area contributed by atoms with Crippen molar-refractivity contribution in [2.75, 3.05) is 28.3 Å². The first-order chi connectivity index (χ1) is 11.2. The van der Waals surface area contributed by atoms with E-state index in [2.05, 4.69) is 20.6 Å². The Kier molecular flexibility index (Phi) is 4.47. The zero-order valence-corrected chi connectivity index (χ0v) is 14.4. The van der Waals surface area contributed by atoms with E-state index in [0.717, 1.165) is 0 Å². The minimum atomic E-state index is -3.06. The SMILES string of the molecule is O=C(NC1CCS(=O)(=O)C1)c1cnc(NC2CCS(=O)(=O)C2)cn1. The number of rotatable bonds is 4. The molecule has 1 aromatic rings. The first-order valence-electron chi connectivity index (χ1n) is 7.53. The molecule has 2 unspecified atom stereocenters. The van der Waals surface area contributed by atoms with Crippen molar-refractivity contribution in [2.24, 2.45) is 0 Å². The van der Waals surface area contributed by atoms with Crippen LogP contribution in [-0.2, 0) is 19.7 Å². The summed E-state index contributed by atoms with van der Waals surface area (Å²) in [4.78, 5) is 20.1. The largest absolute Gasteiger partial charge is 0.365 e. The van der Waals surface area contributed by atoms with E-state index in [9.17, 15) is 21.6 Å². The highest BCUT2D eigenvalue weighted by atomic mass is 32.2.